The van der Waals surface area contributed by atoms with Crippen molar-refractivity contribution in [2.45, 2.75) is 50.1 Å². The smallest absolute Gasteiger partial charge is 0.0178 e. The first kappa shape index (κ1) is 12.2. The summed E-state index contributed by atoms with van der Waals surface area (Å²) in [4.78, 5) is 0. The van der Waals surface area contributed by atoms with Crippen LogP contribution in [0.1, 0.15) is 43.6 Å². The van der Waals surface area contributed by atoms with E-state index in [0.717, 1.165) is 41.7 Å². The Balaban J connectivity index is 1.18. The lowest BCUT2D eigenvalue weighted by molar-refractivity contribution is 0.272. The summed E-state index contributed by atoms with van der Waals surface area (Å²) in [6.45, 7) is 0. The Morgan fingerprint density at radius 1 is 1.00 bits per heavy atom. The van der Waals surface area contributed by atoms with E-state index in [9.17, 15) is 0 Å². The van der Waals surface area contributed by atoms with E-state index >= 15 is 0 Å². The molecule has 4 saturated carbocycles. The Morgan fingerprint density at radius 3 is 2.45 bits per heavy atom. The maximum atomic E-state index is 4.00. The number of nitrogens with one attached hydrogen (secondary N) is 1. The van der Waals surface area contributed by atoms with Gasteiger partial charge in [-0.2, -0.15) is 0 Å². The molecule has 0 amide bonds. The average Bonchev–Trinajstić information content (AvgIpc) is 2.78. The van der Waals surface area contributed by atoms with E-state index in [0.29, 0.717) is 0 Å². The molecule has 4 atom stereocenters. The quantitative estimate of drug-likeness (QED) is 0.869. The van der Waals surface area contributed by atoms with E-state index in [1.54, 1.807) is 6.42 Å². The third-order valence-electron chi connectivity index (χ3n) is 6.62. The molecule has 4 unspecified atom stereocenters. The molecule has 0 radical (unpaired) electrons. The average molecular weight is 332 g/mol. The zero-order chi connectivity index (χ0) is 13.3. The van der Waals surface area contributed by atoms with Crippen molar-refractivity contribution >= 4 is 15.9 Å². The third-order valence-corrected chi connectivity index (χ3v) is 7.11. The molecule has 0 saturated heterocycles. The Hall–Kier alpha value is -0.340. The molecule has 2 heteroatoms. The molecule has 4 aliphatic rings. The van der Waals surface area contributed by atoms with Gasteiger partial charge in [-0.1, -0.05) is 28.1 Å². The lowest BCUT2D eigenvalue weighted by atomic mass is 9.76. The second kappa shape index (κ2) is 4.33. The Morgan fingerprint density at radius 2 is 1.75 bits per heavy atom. The van der Waals surface area contributed by atoms with Crippen molar-refractivity contribution in [1.82, 2.24) is 5.32 Å². The molecule has 5 rings (SSSR count). The first-order valence-electron chi connectivity index (χ1n) is 8.31. The Bertz CT molecular complexity index is 520. The minimum Gasteiger partial charge on any atom is -0.311 e. The summed E-state index contributed by atoms with van der Waals surface area (Å²) >= 11 is 3.59. The number of hydrogen-bond acceptors (Lipinski definition) is 1. The van der Waals surface area contributed by atoms with Gasteiger partial charge in [0.25, 0.3) is 0 Å². The summed E-state index contributed by atoms with van der Waals surface area (Å²) in [5.41, 5.74) is 1.52. The Labute approximate surface area is 129 Å². The summed E-state index contributed by atoms with van der Waals surface area (Å²) < 4.78 is 1.22. The monoisotopic (exact) mass is 331 g/mol. The predicted molar refractivity (Wildman–Crippen MR) is 84.6 cm³/mol. The molecular weight excluding hydrogens is 310 g/mol. The van der Waals surface area contributed by atoms with E-state index in [4.69, 9.17) is 0 Å². The molecule has 1 nitrogen and oxygen atoms in total. The van der Waals surface area contributed by atoms with Gasteiger partial charge in [-0.3, -0.25) is 0 Å². The molecule has 106 valence electrons. The van der Waals surface area contributed by atoms with Gasteiger partial charge in [-0.05, 0) is 79.4 Å². The molecule has 1 aromatic rings. The molecule has 0 aliphatic heterocycles. The number of benzene rings is 1. The molecule has 0 heterocycles. The summed E-state index contributed by atoms with van der Waals surface area (Å²) in [6, 6.07) is 10.6. The third kappa shape index (κ3) is 1.77. The fourth-order valence-electron chi connectivity index (χ4n) is 5.61. The van der Waals surface area contributed by atoms with Crippen molar-refractivity contribution < 1.29 is 0 Å². The number of rotatable bonds is 3. The van der Waals surface area contributed by atoms with Crippen molar-refractivity contribution in [2.75, 3.05) is 0 Å². The van der Waals surface area contributed by atoms with Gasteiger partial charge in [0.15, 0.2) is 0 Å². The molecule has 2 bridgehead atoms. The summed E-state index contributed by atoms with van der Waals surface area (Å²) in [6.07, 6.45) is 7.34. The molecule has 0 spiro atoms. The molecule has 20 heavy (non-hydrogen) atoms. The van der Waals surface area contributed by atoms with E-state index in [1.165, 1.54) is 35.7 Å². The van der Waals surface area contributed by atoms with Crippen LogP contribution in [0.3, 0.4) is 0 Å². The maximum Gasteiger partial charge on any atom is 0.0178 e. The van der Waals surface area contributed by atoms with E-state index in [1.807, 2.05) is 0 Å². The fraction of sp³-hybridized carbons (Fsp3) is 0.667. The van der Waals surface area contributed by atoms with Crippen LogP contribution in [-0.4, -0.2) is 12.1 Å². The van der Waals surface area contributed by atoms with Gasteiger partial charge in [0.05, 0.1) is 0 Å². The van der Waals surface area contributed by atoms with Gasteiger partial charge in [0, 0.05) is 16.6 Å². The SMILES string of the molecule is Brc1cccc(C2CC(NC3C4C5CCC(C5)C34)C2)c1. The molecule has 4 aliphatic carbocycles. The number of fused-ring (bicyclic) bond motifs is 5. The number of halogens is 1. The van der Waals surface area contributed by atoms with Gasteiger partial charge >= 0.3 is 0 Å². The van der Waals surface area contributed by atoms with E-state index < -0.39 is 0 Å². The van der Waals surface area contributed by atoms with Crippen LogP contribution in [0.4, 0.5) is 0 Å². The van der Waals surface area contributed by atoms with Gasteiger partial charge in [-0.25, -0.2) is 0 Å². The van der Waals surface area contributed by atoms with Crippen LogP contribution in [-0.2, 0) is 0 Å². The maximum absolute atomic E-state index is 4.00. The van der Waals surface area contributed by atoms with Crippen molar-refractivity contribution in [1.29, 1.82) is 0 Å². The van der Waals surface area contributed by atoms with Crippen LogP contribution in [0.15, 0.2) is 28.7 Å². The minimum absolute atomic E-state index is 0.792. The molecule has 0 aromatic heterocycles. The largest absolute Gasteiger partial charge is 0.311 e. The molecular formula is C18H22BrN. The van der Waals surface area contributed by atoms with Crippen molar-refractivity contribution in [3.63, 3.8) is 0 Å². The highest BCUT2D eigenvalue weighted by atomic mass is 79.9. The van der Waals surface area contributed by atoms with Crippen LogP contribution in [0.2, 0.25) is 0 Å². The highest BCUT2D eigenvalue weighted by Gasteiger charge is 2.65. The summed E-state index contributed by atoms with van der Waals surface area (Å²) in [7, 11) is 0. The van der Waals surface area contributed by atoms with Crippen LogP contribution in [0, 0.1) is 23.7 Å². The lowest BCUT2D eigenvalue weighted by Crippen LogP contribution is -2.42. The highest BCUT2D eigenvalue weighted by molar-refractivity contribution is 9.10. The van der Waals surface area contributed by atoms with Crippen LogP contribution in [0.5, 0.6) is 0 Å². The second-order valence-electron chi connectivity index (χ2n) is 7.60. The predicted octanol–water partition coefficient (Wildman–Crippen LogP) is 4.33. The van der Waals surface area contributed by atoms with Gasteiger partial charge in [-0.15, -0.1) is 0 Å². The van der Waals surface area contributed by atoms with Crippen molar-refractivity contribution in [3.8, 4) is 0 Å². The van der Waals surface area contributed by atoms with Gasteiger partial charge in [0.1, 0.15) is 0 Å². The van der Waals surface area contributed by atoms with E-state index in [2.05, 4.69) is 45.5 Å². The van der Waals surface area contributed by atoms with E-state index in [-0.39, 0.29) is 0 Å². The first-order chi connectivity index (χ1) is 9.79. The fourth-order valence-corrected chi connectivity index (χ4v) is 6.02. The first-order valence-corrected chi connectivity index (χ1v) is 9.10. The zero-order valence-corrected chi connectivity index (χ0v) is 13.4. The topological polar surface area (TPSA) is 12.0 Å². The van der Waals surface area contributed by atoms with Crippen LogP contribution < -0.4 is 5.32 Å². The Kier molecular flexibility index (Phi) is 2.65. The van der Waals surface area contributed by atoms with Gasteiger partial charge < -0.3 is 5.32 Å². The normalized spacial score (nSPS) is 48.0. The summed E-state index contributed by atoms with van der Waals surface area (Å²) in [5, 5.41) is 4.00. The van der Waals surface area contributed by atoms with Gasteiger partial charge in [0.2, 0.25) is 0 Å². The molecule has 1 N–H and O–H groups in total. The summed E-state index contributed by atoms with van der Waals surface area (Å²) in [5.74, 6) is 5.16. The van der Waals surface area contributed by atoms with Crippen LogP contribution >= 0.6 is 15.9 Å². The zero-order valence-electron chi connectivity index (χ0n) is 11.8. The number of hydrogen-bond donors (Lipinski definition) is 1. The van der Waals surface area contributed by atoms with Crippen LogP contribution in [0.25, 0.3) is 0 Å². The lowest BCUT2D eigenvalue weighted by Gasteiger charge is -2.37. The minimum atomic E-state index is 0.792. The molecule has 1 aromatic carbocycles. The van der Waals surface area contributed by atoms with Crippen molar-refractivity contribution in [2.24, 2.45) is 23.7 Å². The molecule has 4 fully saturated rings. The van der Waals surface area contributed by atoms with Crippen molar-refractivity contribution in [3.05, 3.63) is 34.3 Å². The highest BCUT2D eigenvalue weighted by Crippen LogP contribution is 2.66. The second-order valence-corrected chi connectivity index (χ2v) is 8.52. The standard InChI is InChI=1S/C18H22BrN/c19-14-3-1-2-10(7-14)13-8-15(9-13)20-18-16-11-4-5-12(6-11)17(16)18/h1-3,7,11-13,15-18,20H,4-6,8-9H2.